The summed E-state index contributed by atoms with van der Waals surface area (Å²) in [6, 6.07) is 4.48. The van der Waals surface area contributed by atoms with Gasteiger partial charge in [0.25, 0.3) is 0 Å². The summed E-state index contributed by atoms with van der Waals surface area (Å²) in [6.45, 7) is 1.61. The van der Waals surface area contributed by atoms with E-state index >= 15 is 0 Å². The quantitative estimate of drug-likeness (QED) is 0.833. The van der Waals surface area contributed by atoms with Gasteiger partial charge in [-0.15, -0.1) is 0 Å². The Morgan fingerprint density at radius 1 is 1.25 bits per heavy atom. The van der Waals surface area contributed by atoms with Crippen LogP contribution in [0.15, 0.2) is 29.2 Å². The fraction of sp³-hybridized carbons (Fsp3) is 0.500. The normalized spacial score (nSPS) is 26.0. The van der Waals surface area contributed by atoms with E-state index in [1.807, 2.05) is 0 Å². The lowest BCUT2D eigenvalue weighted by Gasteiger charge is -2.33. The van der Waals surface area contributed by atoms with Crippen molar-refractivity contribution in [2.24, 2.45) is 0 Å². The summed E-state index contributed by atoms with van der Waals surface area (Å²) in [5.41, 5.74) is -0.966. The molecule has 0 radical (unpaired) electrons. The molecule has 5 nitrogen and oxygen atoms in total. The standard InChI is InChI=1S/C12H16FNO4S2/c1-12(7-8-19(15,16)9-12)14(2)20(17,18)11-5-3-10(13)4-6-11/h3-6H,7-9H2,1-2H3/t12-/m1/s1. The maximum atomic E-state index is 12.9. The van der Waals surface area contributed by atoms with Crippen LogP contribution in [-0.2, 0) is 19.9 Å². The van der Waals surface area contributed by atoms with Crippen LogP contribution in [0.25, 0.3) is 0 Å². The van der Waals surface area contributed by atoms with Crippen LogP contribution in [0.3, 0.4) is 0 Å². The molecule has 0 aromatic heterocycles. The zero-order valence-corrected chi connectivity index (χ0v) is 12.8. The SMILES string of the molecule is CN([C@]1(C)CCS(=O)(=O)C1)S(=O)(=O)c1ccc(F)cc1. The smallest absolute Gasteiger partial charge is 0.229 e. The first-order chi connectivity index (χ1) is 9.07. The van der Waals surface area contributed by atoms with Gasteiger partial charge in [0, 0.05) is 12.6 Å². The largest absolute Gasteiger partial charge is 0.243 e. The van der Waals surface area contributed by atoms with E-state index in [4.69, 9.17) is 0 Å². The summed E-state index contributed by atoms with van der Waals surface area (Å²) >= 11 is 0. The zero-order chi connectivity index (χ0) is 15.2. The van der Waals surface area contributed by atoms with Crippen LogP contribution in [0.1, 0.15) is 13.3 Å². The van der Waals surface area contributed by atoms with Crippen molar-refractivity contribution in [1.82, 2.24) is 4.31 Å². The van der Waals surface area contributed by atoms with Crippen LogP contribution in [0.2, 0.25) is 0 Å². The summed E-state index contributed by atoms with van der Waals surface area (Å²) in [5.74, 6) is -0.745. The number of nitrogens with zero attached hydrogens (tertiary/aromatic N) is 1. The molecule has 0 amide bonds. The molecule has 20 heavy (non-hydrogen) atoms. The molecule has 0 bridgehead atoms. The van der Waals surface area contributed by atoms with Crippen LogP contribution >= 0.6 is 0 Å². The lowest BCUT2D eigenvalue weighted by atomic mass is 10.0. The summed E-state index contributed by atoms with van der Waals surface area (Å²) < 4.78 is 62.0. The van der Waals surface area contributed by atoms with Crippen molar-refractivity contribution in [3.05, 3.63) is 30.1 Å². The molecule has 1 atom stereocenters. The number of sulfone groups is 1. The third-order valence-corrected chi connectivity index (χ3v) is 7.63. The lowest BCUT2D eigenvalue weighted by Crippen LogP contribution is -2.48. The van der Waals surface area contributed by atoms with Gasteiger partial charge in [-0.1, -0.05) is 0 Å². The molecule has 1 aliphatic heterocycles. The van der Waals surface area contributed by atoms with Crippen molar-refractivity contribution in [2.45, 2.75) is 23.8 Å². The highest BCUT2D eigenvalue weighted by molar-refractivity contribution is 7.92. The maximum absolute atomic E-state index is 12.9. The summed E-state index contributed by atoms with van der Waals surface area (Å²) in [6.07, 6.45) is 0.256. The van der Waals surface area contributed by atoms with Crippen molar-refractivity contribution in [3.8, 4) is 0 Å². The molecule has 112 valence electrons. The first-order valence-corrected chi connectivity index (χ1v) is 9.28. The molecular formula is C12H16FNO4S2. The Kier molecular flexibility index (Phi) is 3.68. The van der Waals surface area contributed by atoms with Gasteiger partial charge in [-0.3, -0.25) is 0 Å². The Bertz CT molecular complexity index is 712. The van der Waals surface area contributed by atoms with E-state index in [9.17, 15) is 21.2 Å². The zero-order valence-electron chi connectivity index (χ0n) is 11.2. The molecule has 0 unspecified atom stereocenters. The van der Waals surface area contributed by atoms with E-state index < -0.39 is 31.2 Å². The molecular weight excluding hydrogens is 305 g/mol. The topological polar surface area (TPSA) is 71.5 Å². The van der Waals surface area contributed by atoms with E-state index in [1.54, 1.807) is 6.92 Å². The van der Waals surface area contributed by atoms with Crippen molar-refractivity contribution in [2.75, 3.05) is 18.6 Å². The minimum absolute atomic E-state index is 0.0211. The third kappa shape index (κ3) is 2.72. The van der Waals surface area contributed by atoms with E-state index in [1.165, 1.54) is 19.2 Å². The first-order valence-electron chi connectivity index (χ1n) is 6.02. The predicted molar refractivity (Wildman–Crippen MR) is 73.0 cm³/mol. The molecule has 1 aromatic carbocycles. The first kappa shape index (κ1) is 15.4. The number of rotatable bonds is 3. The van der Waals surface area contributed by atoms with E-state index in [2.05, 4.69) is 0 Å². The number of hydrogen-bond donors (Lipinski definition) is 0. The predicted octanol–water partition coefficient (Wildman–Crippen LogP) is 1.02. The van der Waals surface area contributed by atoms with Crippen molar-refractivity contribution >= 4 is 19.9 Å². The molecule has 1 fully saturated rings. The second-order valence-electron chi connectivity index (χ2n) is 5.27. The molecule has 2 rings (SSSR count). The molecule has 0 N–H and O–H groups in total. The lowest BCUT2D eigenvalue weighted by molar-refractivity contribution is 0.272. The molecule has 8 heteroatoms. The van der Waals surface area contributed by atoms with Gasteiger partial charge in [-0.25, -0.2) is 21.2 Å². The second-order valence-corrected chi connectivity index (χ2v) is 9.42. The van der Waals surface area contributed by atoms with Gasteiger partial charge < -0.3 is 0 Å². The third-order valence-electron chi connectivity index (χ3n) is 3.71. The van der Waals surface area contributed by atoms with Crippen LogP contribution in [0.4, 0.5) is 4.39 Å². The average Bonchev–Trinajstić information content (AvgIpc) is 2.64. The molecule has 1 aliphatic rings. The van der Waals surface area contributed by atoms with Gasteiger partial charge in [0.1, 0.15) is 5.82 Å². The Labute approximate surface area is 118 Å². The van der Waals surface area contributed by atoms with Crippen LogP contribution in [0, 0.1) is 5.82 Å². The van der Waals surface area contributed by atoms with Gasteiger partial charge in [0.05, 0.1) is 16.4 Å². The van der Waals surface area contributed by atoms with Gasteiger partial charge in [-0.05, 0) is 37.6 Å². The second kappa shape index (κ2) is 4.78. The Morgan fingerprint density at radius 2 is 1.80 bits per heavy atom. The van der Waals surface area contributed by atoms with Crippen molar-refractivity contribution in [3.63, 3.8) is 0 Å². The highest BCUT2D eigenvalue weighted by Crippen LogP contribution is 2.32. The number of benzene rings is 1. The van der Waals surface area contributed by atoms with Crippen molar-refractivity contribution in [1.29, 1.82) is 0 Å². The molecule has 0 spiro atoms. The van der Waals surface area contributed by atoms with Gasteiger partial charge in [0.2, 0.25) is 10.0 Å². The average molecular weight is 321 g/mol. The monoisotopic (exact) mass is 321 g/mol. The van der Waals surface area contributed by atoms with Crippen LogP contribution in [-0.4, -0.2) is 45.2 Å². The van der Waals surface area contributed by atoms with Crippen molar-refractivity contribution < 1.29 is 21.2 Å². The molecule has 1 heterocycles. The minimum Gasteiger partial charge on any atom is -0.229 e. The van der Waals surface area contributed by atoms with Crippen LogP contribution in [0.5, 0.6) is 0 Å². The van der Waals surface area contributed by atoms with Gasteiger partial charge in [0.15, 0.2) is 9.84 Å². The molecule has 1 saturated heterocycles. The summed E-state index contributed by atoms with van der Waals surface area (Å²) in [5, 5.41) is 0. The Morgan fingerprint density at radius 3 is 2.25 bits per heavy atom. The summed E-state index contributed by atoms with van der Waals surface area (Å²) in [7, 11) is -5.70. The van der Waals surface area contributed by atoms with Gasteiger partial charge in [-0.2, -0.15) is 4.31 Å². The highest BCUT2D eigenvalue weighted by atomic mass is 32.2. The fourth-order valence-electron chi connectivity index (χ4n) is 2.30. The van der Waals surface area contributed by atoms with E-state index in [-0.39, 0.29) is 22.8 Å². The number of halogens is 1. The highest BCUT2D eigenvalue weighted by Gasteiger charge is 2.46. The van der Waals surface area contributed by atoms with E-state index in [0.717, 1.165) is 16.4 Å². The van der Waals surface area contributed by atoms with E-state index in [0.29, 0.717) is 0 Å². The molecule has 0 saturated carbocycles. The van der Waals surface area contributed by atoms with Crippen LogP contribution < -0.4 is 0 Å². The molecule has 1 aromatic rings. The summed E-state index contributed by atoms with van der Waals surface area (Å²) in [4.78, 5) is -0.0491. The Balaban J connectivity index is 2.37. The minimum atomic E-state index is -3.85. The fourth-order valence-corrected chi connectivity index (χ4v) is 6.09. The Hall–Kier alpha value is -0.990. The maximum Gasteiger partial charge on any atom is 0.243 e. The number of sulfonamides is 1. The van der Waals surface area contributed by atoms with Gasteiger partial charge >= 0.3 is 0 Å². The number of hydrogen-bond acceptors (Lipinski definition) is 4. The molecule has 0 aliphatic carbocycles.